The third-order valence-corrected chi connectivity index (χ3v) is 3.07. The van der Waals surface area contributed by atoms with Crippen LogP contribution in [0.1, 0.15) is 0 Å². The van der Waals surface area contributed by atoms with Crippen molar-refractivity contribution in [3.63, 3.8) is 0 Å². The van der Waals surface area contributed by atoms with Gasteiger partial charge in [0.1, 0.15) is 5.75 Å². The van der Waals surface area contributed by atoms with Crippen LogP contribution in [-0.4, -0.2) is 11.1 Å². The van der Waals surface area contributed by atoms with Gasteiger partial charge in [0.15, 0.2) is 0 Å². The molecule has 0 radical (unpaired) electrons. The second kappa shape index (κ2) is 6.22. The smallest absolute Gasteiger partial charge is 0.323 e. The Hall–Kier alpha value is -1.62. The number of nitrogens with one attached hydrogen (secondary N) is 2. The van der Waals surface area contributed by atoms with Crippen LogP contribution >= 0.6 is 34.8 Å². The molecule has 7 heteroatoms. The number of hydrogen-bond donors (Lipinski definition) is 3. The first-order valence-corrected chi connectivity index (χ1v) is 6.60. The van der Waals surface area contributed by atoms with Crippen molar-refractivity contribution in [2.45, 2.75) is 0 Å². The number of urea groups is 1. The highest BCUT2D eigenvalue weighted by Crippen LogP contribution is 2.26. The SMILES string of the molecule is O=C(Nc1cc(Cl)cc(Cl)c1)Nc1ccc(O)c(Cl)c1. The summed E-state index contributed by atoms with van der Waals surface area (Å²) in [5, 5.41) is 15.4. The van der Waals surface area contributed by atoms with Gasteiger partial charge in [-0.3, -0.25) is 0 Å². The number of phenolic OH excluding ortho intramolecular Hbond substituents is 1. The van der Waals surface area contributed by atoms with E-state index in [1.807, 2.05) is 0 Å². The van der Waals surface area contributed by atoms with E-state index in [0.29, 0.717) is 21.4 Å². The molecule has 104 valence electrons. The molecule has 20 heavy (non-hydrogen) atoms. The Labute approximate surface area is 130 Å². The monoisotopic (exact) mass is 330 g/mol. The van der Waals surface area contributed by atoms with Crippen LogP contribution in [-0.2, 0) is 0 Å². The summed E-state index contributed by atoms with van der Waals surface area (Å²) in [7, 11) is 0. The molecule has 0 heterocycles. The highest BCUT2D eigenvalue weighted by molar-refractivity contribution is 6.35. The van der Waals surface area contributed by atoms with Gasteiger partial charge in [-0.2, -0.15) is 0 Å². The van der Waals surface area contributed by atoms with Crippen LogP contribution in [0.5, 0.6) is 5.75 Å². The molecule has 2 rings (SSSR count). The average Bonchev–Trinajstić information content (AvgIpc) is 2.32. The molecule has 0 saturated carbocycles. The van der Waals surface area contributed by atoms with Crippen molar-refractivity contribution in [3.05, 3.63) is 51.5 Å². The van der Waals surface area contributed by atoms with E-state index in [1.165, 1.54) is 18.2 Å². The maximum atomic E-state index is 11.8. The Morgan fingerprint density at radius 1 is 0.900 bits per heavy atom. The minimum absolute atomic E-state index is 0.0563. The molecule has 0 fully saturated rings. The summed E-state index contributed by atoms with van der Waals surface area (Å²) in [6, 6.07) is 8.55. The first-order chi connectivity index (χ1) is 9.44. The van der Waals surface area contributed by atoms with Gasteiger partial charge in [0.25, 0.3) is 0 Å². The molecule has 2 aromatic carbocycles. The van der Waals surface area contributed by atoms with Crippen LogP contribution in [0.3, 0.4) is 0 Å². The lowest BCUT2D eigenvalue weighted by Gasteiger charge is -2.09. The highest BCUT2D eigenvalue weighted by atomic mass is 35.5. The van der Waals surface area contributed by atoms with Crippen molar-refractivity contribution in [1.29, 1.82) is 0 Å². The number of carbonyl (C=O) groups is 1. The number of aromatic hydroxyl groups is 1. The summed E-state index contributed by atoms with van der Waals surface area (Å²) in [5.41, 5.74) is 0.906. The minimum atomic E-state index is -0.481. The predicted octanol–water partition coefficient (Wildman–Crippen LogP) is 5.00. The molecule has 0 atom stereocenters. The quantitative estimate of drug-likeness (QED) is 0.678. The van der Waals surface area contributed by atoms with E-state index in [9.17, 15) is 9.90 Å². The van der Waals surface area contributed by atoms with Gasteiger partial charge >= 0.3 is 6.03 Å². The predicted molar refractivity (Wildman–Crippen MR) is 82.2 cm³/mol. The van der Waals surface area contributed by atoms with Crippen LogP contribution in [0.2, 0.25) is 15.1 Å². The van der Waals surface area contributed by atoms with Gasteiger partial charge in [-0.15, -0.1) is 0 Å². The summed E-state index contributed by atoms with van der Waals surface area (Å²) in [6.07, 6.45) is 0. The van der Waals surface area contributed by atoms with Crippen LogP contribution in [0.15, 0.2) is 36.4 Å². The summed E-state index contributed by atoms with van der Waals surface area (Å²) in [4.78, 5) is 11.8. The second-order valence-corrected chi connectivity index (χ2v) is 5.18. The number of carbonyl (C=O) groups excluding carboxylic acids is 1. The highest BCUT2D eigenvalue weighted by Gasteiger charge is 2.06. The molecular weight excluding hydrogens is 323 g/mol. The fourth-order valence-corrected chi connectivity index (χ4v) is 2.21. The lowest BCUT2D eigenvalue weighted by molar-refractivity contribution is 0.262. The Morgan fingerprint density at radius 2 is 1.50 bits per heavy atom. The number of anilines is 2. The van der Waals surface area contributed by atoms with Gasteiger partial charge in [0, 0.05) is 21.4 Å². The van der Waals surface area contributed by atoms with Crippen molar-refractivity contribution in [2.24, 2.45) is 0 Å². The number of rotatable bonds is 2. The first-order valence-electron chi connectivity index (χ1n) is 5.46. The molecule has 0 aliphatic heterocycles. The van der Waals surface area contributed by atoms with Gasteiger partial charge in [-0.1, -0.05) is 34.8 Å². The van der Waals surface area contributed by atoms with E-state index in [2.05, 4.69) is 10.6 Å². The second-order valence-electron chi connectivity index (χ2n) is 3.90. The molecule has 0 bridgehead atoms. The molecule has 0 spiro atoms. The Kier molecular flexibility index (Phi) is 4.60. The van der Waals surface area contributed by atoms with Crippen molar-refractivity contribution >= 4 is 52.2 Å². The van der Waals surface area contributed by atoms with Gasteiger partial charge in [-0.25, -0.2) is 4.79 Å². The number of phenols is 1. The van der Waals surface area contributed by atoms with Crippen LogP contribution in [0.25, 0.3) is 0 Å². The topological polar surface area (TPSA) is 61.4 Å². The van der Waals surface area contributed by atoms with E-state index in [1.54, 1.807) is 18.2 Å². The van der Waals surface area contributed by atoms with Crippen molar-refractivity contribution in [2.75, 3.05) is 10.6 Å². The molecule has 4 nitrogen and oxygen atoms in total. The summed E-state index contributed by atoms with van der Waals surface area (Å²) in [5.74, 6) is -0.0563. The lowest BCUT2D eigenvalue weighted by atomic mass is 10.3. The normalized spacial score (nSPS) is 10.2. The summed E-state index contributed by atoms with van der Waals surface area (Å²) < 4.78 is 0. The molecule has 0 saturated heterocycles. The third-order valence-electron chi connectivity index (χ3n) is 2.33. The largest absolute Gasteiger partial charge is 0.506 e. The summed E-state index contributed by atoms with van der Waals surface area (Å²) >= 11 is 17.4. The first kappa shape index (κ1) is 14.8. The molecule has 0 aliphatic carbocycles. The van der Waals surface area contributed by atoms with Gasteiger partial charge in [0.05, 0.1) is 5.02 Å². The van der Waals surface area contributed by atoms with E-state index in [4.69, 9.17) is 34.8 Å². The number of halogens is 3. The fourth-order valence-electron chi connectivity index (χ4n) is 1.50. The molecule has 3 N–H and O–H groups in total. The number of hydrogen-bond acceptors (Lipinski definition) is 2. The van der Waals surface area contributed by atoms with Gasteiger partial charge < -0.3 is 15.7 Å². The van der Waals surface area contributed by atoms with Gasteiger partial charge in [-0.05, 0) is 36.4 Å². The molecule has 2 aromatic rings. The lowest BCUT2D eigenvalue weighted by Crippen LogP contribution is -2.19. The third kappa shape index (κ3) is 3.93. The average molecular weight is 332 g/mol. The van der Waals surface area contributed by atoms with Crippen molar-refractivity contribution in [3.8, 4) is 5.75 Å². The zero-order valence-electron chi connectivity index (χ0n) is 9.95. The molecule has 0 aromatic heterocycles. The Balaban J connectivity index is 2.06. The molecule has 2 amide bonds. The zero-order chi connectivity index (χ0) is 14.7. The maximum Gasteiger partial charge on any atom is 0.323 e. The van der Waals surface area contributed by atoms with Gasteiger partial charge in [0.2, 0.25) is 0 Å². The van der Waals surface area contributed by atoms with Crippen LogP contribution < -0.4 is 10.6 Å². The zero-order valence-corrected chi connectivity index (χ0v) is 12.2. The molecule has 0 aliphatic rings. The molecular formula is C13H9Cl3N2O2. The van der Waals surface area contributed by atoms with Crippen LogP contribution in [0.4, 0.5) is 16.2 Å². The van der Waals surface area contributed by atoms with E-state index < -0.39 is 6.03 Å². The number of amides is 2. The maximum absolute atomic E-state index is 11.8. The minimum Gasteiger partial charge on any atom is -0.506 e. The van der Waals surface area contributed by atoms with E-state index in [0.717, 1.165) is 0 Å². The van der Waals surface area contributed by atoms with Crippen molar-refractivity contribution in [1.82, 2.24) is 0 Å². The van der Waals surface area contributed by atoms with Crippen molar-refractivity contribution < 1.29 is 9.90 Å². The van der Waals surface area contributed by atoms with E-state index >= 15 is 0 Å². The number of benzene rings is 2. The molecule has 0 unspecified atom stereocenters. The Morgan fingerprint density at radius 3 is 2.10 bits per heavy atom. The fraction of sp³-hybridized carbons (Fsp3) is 0. The summed E-state index contributed by atoms with van der Waals surface area (Å²) in [6.45, 7) is 0. The standard InChI is InChI=1S/C13H9Cl3N2O2/c14-7-3-8(15)5-10(4-7)18-13(20)17-9-1-2-12(19)11(16)6-9/h1-6,19H,(H2,17,18,20). The van der Waals surface area contributed by atoms with Crippen LogP contribution in [0, 0.1) is 0 Å². The van der Waals surface area contributed by atoms with E-state index in [-0.39, 0.29) is 10.8 Å². The Bertz CT molecular complexity index is 642.